The van der Waals surface area contributed by atoms with Crippen molar-refractivity contribution in [3.8, 4) is 5.75 Å². The molecule has 4 nitrogen and oxygen atoms in total. The third kappa shape index (κ3) is 4.69. The smallest absolute Gasteiger partial charge is 0.121 e. The first-order chi connectivity index (χ1) is 9.67. The van der Waals surface area contributed by atoms with Crippen LogP contribution < -0.4 is 10.1 Å². The Morgan fingerprint density at radius 2 is 2.10 bits per heavy atom. The summed E-state index contributed by atoms with van der Waals surface area (Å²) in [5, 5.41) is 3.54. The van der Waals surface area contributed by atoms with E-state index >= 15 is 0 Å². The second-order valence-electron chi connectivity index (χ2n) is 5.57. The number of anilines is 1. The molecule has 4 heteroatoms. The molecule has 0 aliphatic heterocycles. The molecule has 0 atom stereocenters. The molecule has 0 saturated heterocycles. The third-order valence-electron chi connectivity index (χ3n) is 3.51. The van der Waals surface area contributed by atoms with Crippen LogP contribution >= 0.6 is 0 Å². The highest BCUT2D eigenvalue weighted by atomic mass is 16.5. The highest BCUT2D eigenvalue weighted by Crippen LogP contribution is 2.28. The number of ether oxygens (including phenoxy) is 2. The normalized spacial score (nSPS) is 21.6. The van der Waals surface area contributed by atoms with Gasteiger partial charge in [0.05, 0.1) is 6.10 Å². The first-order valence-electron chi connectivity index (χ1n) is 7.43. The van der Waals surface area contributed by atoms with E-state index in [0.29, 0.717) is 18.8 Å². The maximum absolute atomic E-state index is 5.74. The predicted octanol–water partition coefficient (Wildman–Crippen LogP) is 2.61. The lowest BCUT2D eigenvalue weighted by molar-refractivity contribution is 0.00299. The number of hydrogen-bond donors (Lipinski definition) is 1. The Morgan fingerprint density at radius 3 is 2.80 bits per heavy atom. The molecule has 0 unspecified atom stereocenters. The molecule has 0 amide bonds. The van der Waals surface area contributed by atoms with Gasteiger partial charge in [-0.05, 0) is 46.0 Å². The Balaban J connectivity index is 1.75. The second-order valence-corrected chi connectivity index (χ2v) is 5.57. The van der Waals surface area contributed by atoms with Crippen molar-refractivity contribution >= 4 is 5.69 Å². The van der Waals surface area contributed by atoms with Crippen LogP contribution in [0.3, 0.4) is 0 Å². The number of likely N-dealkylation sites (N-methyl/N-ethyl adjacent to an activating group) is 1. The van der Waals surface area contributed by atoms with Gasteiger partial charge in [-0.1, -0.05) is 6.07 Å². The Bertz CT molecular complexity index is 403. The van der Waals surface area contributed by atoms with Crippen LogP contribution in [0.25, 0.3) is 0 Å². The van der Waals surface area contributed by atoms with Crippen LogP contribution in [0.4, 0.5) is 5.69 Å². The molecule has 0 radical (unpaired) electrons. The van der Waals surface area contributed by atoms with Crippen molar-refractivity contribution in [2.24, 2.45) is 0 Å². The lowest BCUT2D eigenvalue weighted by Gasteiger charge is -2.36. The monoisotopic (exact) mass is 278 g/mol. The lowest BCUT2D eigenvalue weighted by atomic mass is 9.89. The fourth-order valence-corrected chi connectivity index (χ4v) is 2.31. The van der Waals surface area contributed by atoms with Gasteiger partial charge in [-0.3, -0.25) is 0 Å². The van der Waals surface area contributed by atoms with Crippen LogP contribution in [-0.2, 0) is 4.74 Å². The van der Waals surface area contributed by atoms with Crippen LogP contribution in [0.15, 0.2) is 24.3 Å². The van der Waals surface area contributed by atoms with Gasteiger partial charge in [0.25, 0.3) is 0 Å². The molecule has 1 aromatic rings. The fourth-order valence-electron chi connectivity index (χ4n) is 2.31. The fraction of sp³-hybridized carbons (Fsp3) is 0.625. The summed E-state index contributed by atoms with van der Waals surface area (Å²) in [6.07, 6.45) is 2.64. The van der Waals surface area contributed by atoms with Crippen molar-refractivity contribution in [2.45, 2.75) is 31.9 Å². The summed E-state index contributed by atoms with van der Waals surface area (Å²) in [5.74, 6) is 0.928. The maximum atomic E-state index is 5.74. The van der Waals surface area contributed by atoms with Gasteiger partial charge in [0, 0.05) is 30.9 Å². The molecule has 20 heavy (non-hydrogen) atoms. The highest BCUT2D eigenvalue weighted by Gasteiger charge is 2.29. The van der Waals surface area contributed by atoms with Crippen LogP contribution in [0.1, 0.15) is 19.8 Å². The van der Waals surface area contributed by atoms with Crippen LogP contribution in [0.5, 0.6) is 5.75 Å². The van der Waals surface area contributed by atoms with Gasteiger partial charge in [0.2, 0.25) is 0 Å². The van der Waals surface area contributed by atoms with Gasteiger partial charge >= 0.3 is 0 Å². The van der Waals surface area contributed by atoms with E-state index in [4.69, 9.17) is 9.47 Å². The summed E-state index contributed by atoms with van der Waals surface area (Å²) in [7, 11) is 4.10. The van der Waals surface area contributed by atoms with Gasteiger partial charge in [-0.25, -0.2) is 0 Å². The first-order valence-corrected chi connectivity index (χ1v) is 7.43. The molecule has 1 aromatic carbocycles. The lowest BCUT2D eigenvalue weighted by Crippen LogP contribution is -2.40. The number of hydrogen-bond acceptors (Lipinski definition) is 4. The molecule has 1 aliphatic rings. The molecule has 1 saturated carbocycles. The second kappa shape index (κ2) is 7.50. The Labute approximate surface area is 122 Å². The van der Waals surface area contributed by atoms with Crippen LogP contribution in [0.2, 0.25) is 0 Å². The molecule has 0 heterocycles. The number of rotatable bonds is 8. The Kier molecular flexibility index (Phi) is 5.68. The molecule has 0 aromatic heterocycles. The number of benzene rings is 1. The summed E-state index contributed by atoms with van der Waals surface area (Å²) in [5.41, 5.74) is 1.13. The Hall–Kier alpha value is -1.26. The molecule has 112 valence electrons. The van der Waals surface area contributed by atoms with E-state index in [-0.39, 0.29) is 0 Å². The first kappa shape index (κ1) is 15.1. The zero-order chi connectivity index (χ0) is 14.4. The quantitative estimate of drug-likeness (QED) is 0.792. The average Bonchev–Trinajstić information content (AvgIpc) is 2.36. The van der Waals surface area contributed by atoms with Crippen molar-refractivity contribution < 1.29 is 9.47 Å². The number of nitrogens with one attached hydrogen (secondary N) is 1. The maximum Gasteiger partial charge on any atom is 0.121 e. The summed E-state index contributed by atoms with van der Waals surface area (Å²) in [6, 6.07) is 8.73. The minimum Gasteiger partial charge on any atom is -0.492 e. The highest BCUT2D eigenvalue weighted by molar-refractivity contribution is 5.49. The average molecular weight is 278 g/mol. The minimum absolute atomic E-state index is 0.442. The van der Waals surface area contributed by atoms with Crippen LogP contribution in [0, 0.1) is 0 Å². The van der Waals surface area contributed by atoms with Gasteiger partial charge in [-0.15, -0.1) is 0 Å². The largest absolute Gasteiger partial charge is 0.492 e. The van der Waals surface area contributed by atoms with Crippen molar-refractivity contribution in [1.29, 1.82) is 0 Å². The van der Waals surface area contributed by atoms with E-state index in [0.717, 1.165) is 37.4 Å². The van der Waals surface area contributed by atoms with Gasteiger partial charge in [0.1, 0.15) is 12.4 Å². The minimum atomic E-state index is 0.442. The van der Waals surface area contributed by atoms with E-state index in [1.165, 1.54) is 0 Å². The molecular formula is C16H26N2O2. The number of nitrogens with zero attached hydrogens (tertiary/aromatic N) is 1. The van der Waals surface area contributed by atoms with Gasteiger partial charge in [-0.2, -0.15) is 0 Å². The molecular weight excluding hydrogens is 252 g/mol. The van der Waals surface area contributed by atoms with E-state index < -0.39 is 0 Å². The van der Waals surface area contributed by atoms with Crippen molar-refractivity contribution in [3.05, 3.63) is 24.3 Å². The molecule has 0 spiro atoms. The van der Waals surface area contributed by atoms with Crippen LogP contribution in [-0.4, -0.2) is 50.9 Å². The van der Waals surface area contributed by atoms with Gasteiger partial charge < -0.3 is 19.7 Å². The molecule has 1 aliphatic carbocycles. The predicted molar refractivity (Wildman–Crippen MR) is 82.5 cm³/mol. The van der Waals surface area contributed by atoms with Crippen molar-refractivity contribution in [1.82, 2.24) is 4.90 Å². The molecule has 0 bridgehead atoms. The van der Waals surface area contributed by atoms with Crippen molar-refractivity contribution in [3.63, 3.8) is 0 Å². The van der Waals surface area contributed by atoms with E-state index in [1.54, 1.807) is 0 Å². The molecule has 2 rings (SSSR count). The summed E-state index contributed by atoms with van der Waals surface area (Å²) in [6.45, 7) is 4.50. The standard InChI is InChI=1S/C16H26N2O2/c1-4-19-16-11-14(12-16)17-13-6-5-7-15(10-13)20-9-8-18(2)3/h5-7,10,14,16-17H,4,8-9,11-12H2,1-3H3. The zero-order valence-corrected chi connectivity index (χ0v) is 12.8. The van der Waals surface area contributed by atoms with Gasteiger partial charge in [0.15, 0.2) is 0 Å². The van der Waals surface area contributed by atoms with E-state index in [9.17, 15) is 0 Å². The summed E-state index contributed by atoms with van der Waals surface area (Å²) in [4.78, 5) is 2.12. The summed E-state index contributed by atoms with van der Waals surface area (Å²) < 4.78 is 11.3. The van der Waals surface area contributed by atoms with E-state index in [1.807, 2.05) is 26.2 Å². The zero-order valence-electron chi connectivity index (χ0n) is 12.8. The van der Waals surface area contributed by atoms with E-state index in [2.05, 4.69) is 29.3 Å². The van der Waals surface area contributed by atoms with Crippen molar-refractivity contribution in [2.75, 3.05) is 39.2 Å². The third-order valence-corrected chi connectivity index (χ3v) is 3.51. The topological polar surface area (TPSA) is 33.7 Å². The molecule has 1 fully saturated rings. The summed E-state index contributed by atoms with van der Waals surface area (Å²) >= 11 is 0. The SMILES string of the molecule is CCOC1CC(Nc2cccc(OCCN(C)C)c2)C1. The Morgan fingerprint density at radius 1 is 1.30 bits per heavy atom. The molecule has 1 N–H and O–H groups in total.